The first-order valence-electron chi connectivity index (χ1n) is 6.28. The van der Waals surface area contributed by atoms with Crippen molar-refractivity contribution in [3.05, 3.63) is 40.5 Å². The molecule has 2 aromatic rings. The van der Waals surface area contributed by atoms with E-state index in [0.29, 0.717) is 12.8 Å². The lowest BCUT2D eigenvalue weighted by molar-refractivity contribution is 0.475. The number of phenols is 1. The predicted molar refractivity (Wildman–Crippen MR) is 83.3 cm³/mol. The summed E-state index contributed by atoms with van der Waals surface area (Å²) in [6, 6.07) is 6.65. The Balaban J connectivity index is 1.92. The van der Waals surface area contributed by atoms with E-state index in [0.717, 1.165) is 16.9 Å². The molecule has 0 saturated carbocycles. The van der Waals surface area contributed by atoms with Crippen LogP contribution in [-0.2, 0) is 16.4 Å². The predicted octanol–water partition coefficient (Wildman–Crippen LogP) is 2.80. The lowest BCUT2D eigenvalue weighted by Gasteiger charge is -2.13. The van der Waals surface area contributed by atoms with Gasteiger partial charge >= 0.3 is 0 Å². The van der Waals surface area contributed by atoms with Crippen molar-refractivity contribution >= 4 is 33.0 Å². The number of rotatable bonds is 6. The number of aromatic hydroxyl groups is 1. The number of halogens is 1. The molecule has 0 spiro atoms. The van der Waals surface area contributed by atoms with E-state index < -0.39 is 10.0 Å². The number of benzene rings is 1. The average Bonchev–Trinajstić information content (AvgIpc) is 2.85. The highest BCUT2D eigenvalue weighted by molar-refractivity contribution is 7.91. The minimum absolute atomic E-state index is 0.115. The Kier molecular flexibility index (Phi) is 5.21. The van der Waals surface area contributed by atoms with Crippen LogP contribution in [0.3, 0.4) is 0 Å². The van der Waals surface area contributed by atoms with Crippen LogP contribution >= 0.6 is 22.9 Å². The SMILES string of the molecule is CC(CCc1ccc(O)cc1)NS(=O)(=O)c1cnc(Cl)s1. The van der Waals surface area contributed by atoms with Crippen LogP contribution in [0.5, 0.6) is 5.75 Å². The second-order valence-electron chi connectivity index (χ2n) is 4.66. The first-order chi connectivity index (χ1) is 9.87. The molecule has 2 rings (SSSR count). The van der Waals surface area contributed by atoms with E-state index >= 15 is 0 Å². The summed E-state index contributed by atoms with van der Waals surface area (Å²) in [7, 11) is -3.57. The normalized spacial score (nSPS) is 13.2. The van der Waals surface area contributed by atoms with Gasteiger partial charge in [0.05, 0.1) is 6.20 Å². The molecular formula is C13H15ClN2O3S2. The van der Waals surface area contributed by atoms with Crippen molar-refractivity contribution in [2.75, 3.05) is 0 Å². The molecule has 0 saturated heterocycles. The van der Waals surface area contributed by atoms with Gasteiger partial charge in [0.2, 0.25) is 0 Å². The number of nitrogens with zero attached hydrogens (tertiary/aromatic N) is 1. The molecule has 1 unspecified atom stereocenters. The number of hydrogen-bond acceptors (Lipinski definition) is 5. The molecule has 5 nitrogen and oxygen atoms in total. The van der Waals surface area contributed by atoms with Crippen molar-refractivity contribution in [1.82, 2.24) is 9.71 Å². The molecule has 0 aliphatic carbocycles. The molecule has 8 heteroatoms. The summed E-state index contributed by atoms with van der Waals surface area (Å²) in [5, 5.41) is 9.21. The van der Waals surface area contributed by atoms with Gasteiger partial charge in [0, 0.05) is 6.04 Å². The van der Waals surface area contributed by atoms with Crippen molar-refractivity contribution < 1.29 is 13.5 Å². The van der Waals surface area contributed by atoms with Gasteiger partial charge in [-0.25, -0.2) is 18.1 Å². The number of phenolic OH excluding ortho intramolecular Hbond substituents is 1. The first-order valence-corrected chi connectivity index (χ1v) is 8.96. The molecule has 114 valence electrons. The van der Waals surface area contributed by atoms with E-state index in [1.807, 2.05) is 12.1 Å². The van der Waals surface area contributed by atoms with E-state index in [4.69, 9.17) is 11.6 Å². The number of aryl methyl sites for hydroxylation is 1. The molecule has 0 bridgehead atoms. The van der Waals surface area contributed by atoms with E-state index in [1.165, 1.54) is 6.20 Å². The monoisotopic (exact) mass is 346 g/mol. The number of hydrogen-bond donors (Lipinski definition) is 2. The molecule has 0 aliphatic heterocycles. The topological polar surface area (TPSA) is 79.3 Å². The van der Waals surface area contributed by atoms with E-state index in [9.17, 15) is 13.5 Å². The van der Waals surface area contributed by atoms with Crippen LogP contribution in [0.1, 0.15) is 18.9 Å². The largest absolute Gasteiger partial charge is 0.508 e. The molecule has 0 radical (unpaired) electrons. The third-order valence-electron chi connectivity index (χ3n) is 2.88. The highest BCUT2D eigenvalue weighted by Gasteiger charge is 2.20. The van der Waals surface area contributed by atoms with Gasteiger partial charge < -0.3 is 5.11 Å². The van der Waals surface area contributed by atoms with Gasteiger partial charge in [-0.15, -0.1) is 0 Å². The second kappa shape index (κ2) is 6.74. The van der Waals surface area contributed by atoms with Crippen LogP contribution in [0.15, 0.2) is 34.7 Å². The number of thiazole rings is 1. The maximum atomic E-state index is 12.1. The van der Waals surface area contributed by atoms with E-state index in [2.05, 4.69) is 9.71 Å². The van der Waals surface area contributed by atoms with Gasteiger partial charge in [0.1, 0.15) is 5.75 Å². The maximum absolute atomic E-state index is 12.1. The van der Waals surface area contributed by atoms with Crippen LogP contribution < -0.4 is 4.72 Å². The zero-order valence-corrected chi connectivity index (χ0v) is 13.7. The quantitative estimate of drug-likeness (QED) is 0.843. The molecule has 1 aromatic heterocycles. The van der Waals surface area contributed by atoms with Crippen molar-refractivity contribution in [3.63, 3.8) is 0 Å². The summed E-state index contributed by atoms with van der Waals surface area (Å²) < 4.78 is 27.1. The molecule has 0 amide bonds. The Hall–Kier alpha value is -1.15. The molecule has 2 N–H and O–H groups in total. The Morgan fingerprint density at radius 2 is 2.05 bits per heavy atom. The number of aromatic nitrogens is 1. The lowest BCUT2D eigenvalue weighted by Crippen LogP contribution is -2.32. The minimum atomic E-state index is -3.57. The third kappa shape index (κ3) is 4.67. The van der Waals surface area contributed by atoms with Crippen molar-refractivity contribution in [3.8, 4) is 5.75 Å². The lowest BCUT2D eigenvalue weighted by atomic mass is 10.1. The number of nitrogens with one attached hydrogen (secondary N) is 1. The van der Waals surface area contributed by atoms with Crippen LogP contribution in [0, 0.1) is 0 Å². The van der Waals surface area contributed by atoms with Crippen LogP contribution in [0.4, 0.5) is 0 Å². The fourth-order valence-corrected chi connectivity index (χ4v) is 4.38. The van der Waals surface area contributed by atoms with Gasteiger partial charge in [-0.2, -0.15) is 0 Å². The van der Waals surface area contributed by atoms with Crippen molar-refractivity contribution in [2.24, 2.45) is 0 Å². The summed E-state index contributed by atoms with van der Waals surface area (Å²) in [6.45, 7) is 1.81. The van der Waals surface area contributed by atoms with Gasteiger partial charge in [-0.3, -0.25) is 0 Å². The van der Waals surface area contributed by atoms with Gasteiger partial charge in [0.15, 0.2) is 8.68 Å². The standard InChI is InChI=1S/C13H15ClN2O3S2/c1-9(2-3-10-4-6-11(17)7-5-10)16-21(18,19)12-8-15-13(14)20-12/h4-9,16-17H,2-3H2,1H3. The van der Waals surface area contributed by atoms with Crippen molar-refractivity contribution in [1.29, 1.82) is 0 Å². The Labute approximate surface area is 132 Å². The zero-order valence-electron chi connectivity index (χ0n) is 11.3. The zero-order chi connectivity index (χ0) is 15.5. The van der Waals surface area contributed by atoms with Crippen LogP contribution in [0.2, 0.25) is 4.47 Å². The highest BCUT2D eigenvalue weighted by Crippen LogP contribution is 2.22. The number of sulfonamides is 1. The summed E-state index contributed by atoms with van der Waals surface area (Å²) in [5.41, 5.74) is 1.04. The van der Waals surface area contributed by atoms with E-state index in [1.54, 1.807) is 19.1 Å². The Morgan fingerprint density at radius 3 is 2.62 bits per heavy atom. The first kappa shape index (κ1) is 16.2. The third-order valence-corrected chi connectivity index (χ3v) is 6.05. The fraction of sp³-hybridized carbons (Fsp3) is 0.308. The summed E-state index contributed by atoms with van der Waals surface area (Å²) in [6.07, 6.45) is 2.62. The van der Waals surface area contributed by atoms with Crippen LogP contribution in [-0.4, -0.2) is 24.6 Å². The Morgan fingerprint density at radius 1 is 1.38 bits per heavy atom. The minimum Gasteiger partial charge on any atom is -0.508 e. The molecule has 1 heterocycles. The Bertz CT molecular complexity index is 698. The maximum Gasteiger partial charge on any atom is 0.251 e. The fourth-order valence-electron chi connectivity index (χ4n) is 1.79. The van der Waals surface area contributed by atoms with E-state index in [-0.39, 0.29) is 20.5 Å². The molecule has 1 atom stereocenters. The molecule has 1 aromatic carbocycles. The van der Waals surface area contributed by atoms with Gasteiger partial charge in [0.25, 0.3) is 10.0 Å². The molecule has 0 aliphatic rings. The van der Waals surface area contributed by atoms with Gasteiger partial charge in [-0.05, 0) is 37.5 Å². The van der Waals surface area contributed by atoms with Gasteiger partial charge in [-0.1, -0.05) is 35.1 Å². The molecule has 0 fully saturated rings. The van der Waals surface area contributed by atoms with Crippen molar-refractivity contribution in [2.45, 2.75) is 30.0 Å². The highest BCUT2D eigenvalue weighted by atomic mass is 35.5. The molecule has 21 heavy (non-hydrogen) atoms. The summed E-state index contributed by atoms with van der Waals surface area (Å²) in [5.74, 6) is 0.217. The molecular weight excluding hydrogens is 332 g/mol. The second-order valence-corrected chi connectivity index (χ2v) is 8.21. The smallest absolute Gasteiger partial charge is 0.251 e. The summed E-state index contributed by atoms with van der Waals surface area (Å²) >= 11 is 6.58. The summed E-state index contributed by atoms with van der Waals surface area (Å²) in [4.78, 5) is 3.73. The average molecular weight is 347 g/mol. The van der Waals surface area contributed by atoms with Crippen LogP contribution in [0.25, 0.3) is 0 Å².